The maximum Gasteiger partial charge on any atom is 0.271 e. The van der Waals surface area contributed by atoms with Gasteiger partial charge in [0, 0.05) is 0 Å². The van der Waals surface area contributed by atoms with E-state index in [1.165, 1.54) is 19.3 Å². The Morgan fingerprint density at radius 2 is 1.92 bits per heavy atom. The van der Waals surface area contributed by atoms with Crippen LogP contribution in [0.2, 0.25) is 0 Å². The lowest BCUT2D eigenvalue weighted by Gasteiger charge is -2.15. The molecule has 0 saturated carbocycles. The number of aromatic nitrogens is 1. The van der Waals surface area contributed by atoms with Crippen molar-refractivity contribution >= 4 is 5.78 Å². The number of nitriles is 1. The summed E-state index contributed by atoms with van der Waals surface area (Å²) in [6.45, 7) is 3.44. The molecule has 0 fully saturated rings. The molecule has 26 heavy (non-hydrogen) atoms. The van der Waals surface area contributed by atoms with Gasteiger partial charge >= 0.3 is 0 Å². The van der Waals surface area contributed by atoms with E-state index in [0.29, 0.717) is 0 Å². The number of nitrogens with zero attached hydrogens (tertiary/aromatic N) is 2. The van der Waals surface area contributed by atoms with E-state index in [1.54, 1.807) is 6.07 Å². The van der Waals surface area contributed by atoms with Crippen LogP contribution in [0, 0.1) is 25.2 Å². The molecule has 0 amide bonds. The molecule has 2 heterocycles. The summed E-state index contributed by atoms with van der Waals surface area (Å²) in [5.41, 5.74) is 1.03. The minimum Gasteiger partial charge on any atom is -0.494 e. The van der Waals surface area contributed by atoms with Crippen molar-refractivity contribution in [2.45, 2.75) is 20.4 Å². The average Bonchev–Trinajstić information content (AvgIpc) is 3.15. The van der Waals surface area contributed by atoms with E-state index in [4.69, 9.17) is 4.42 Å². The SMILES string of the molecule is Cc1ccc(Cn2c(O)c(C(=O)c3ccco3)c(C)c(C#N)c2=O)cc1. The van der Waals surface area contributed by atoms with Gasteiger partial charge in [-0.25, -0.2) is 0 Å². The molecule has 0 saturated heterocycles. The Labute approximate surface area is 149 Å². The van der Waals surface area contributed by atoms with E-state index >= 15 is 0 Å². The Bertz CT molecular complexity index is 1070. The molecule has 6 nitrogen and oxygen atoms in total. The van der Waals surface area contributed by atoms with E-state index < -0.39 is 17.2 Å². The van der Waals surface area contributed by atoms with Gasteiger partial charge in [0.2, 0.25) is 11.7 Å². The van der Waals surface area contributed by atoms with Crippen molar-refractivity contribution in [3.8, 4) is 11.9 Å². The predicted octanol–water partition coefficient (Wildman–Crippen LogP) is 2.91. The van der Waals surface area contributed by atoms with Crippen LogP contribution in [0.25, 0.3) is 0 Å². The summed E-state index contributed by atoms with van der Waals surface area (Å²) in [4.78, 5) is 25.3. The molecule has 0 radical (unpaired) electrons. The van der Waals surface area contributed by atoms with Gasteiger partial charge in [0.15, 0.2) is 5.76 Å². The second kappa shape index (κ2) is 6.73. The first-order valence-electron chi connectivity index (χ1n) is 7.94. The van der Waals surface area contributed by atoms with Crippen LogP contribution in [0.15, 0.2) is 51.9 Å². The van der Waals surface area contributed by atoms with Gasteiger partial charge in [-0.15, -0.1) is 0 Å². The maximum atomic E-state index is 12.7. The second-order valence-electron chi connectivity index (χ2n) is 5.99. The summed E-state index contributed by atoms with van der Waals surface area (Å²) in [6.07, 6.45) is 1.34. The molecule has 130 valence electrons. The number of pyridine rings is 1. The minimum absolute atomic E-state index is 0.0211. The van der Waals surface area contributed by atoms with Gasteiger partial charge < -0.3 is 9.52 Å². The standard InChI is InChI=1S/C20H16N2O4/c1-12-5-7-14(8-6-12)11-22-19(24)15(10-21)13(2)17(20(22)25)18(23)16-4-3-9-26-16/h3-9,25H,11H2,1-2H3. The van der Waals surface area contributed by atoms with Gasteiger partial charge in [-0.1, -0.05) is 29.8 Å². The van der Waals surface area contributed by atoms with Gasteiger partial charge in [0.1, 0.15) is 11.6 Å². The van der Waals surface area contributed by atoms with Crippen molar-refractivity contribution in [1.29, 1.82) is 5.26 Å². The smallest absolute Gasteiger partial charge is 0.271 e. The van der Waals surface area contributed by atoms with Crippen molar-refractivity contribution in [3.05, 3.63) is 86.6 Å². The summed E-state index contributed by atoms with van der Waals surface area (Å²) >= 11 is 0. The predicted molar refractivity (Wildman–Crippen MR) is 94.2 cm³/mol. The fourth-order valence-electron chi connectivity index (χ4n) is 2.78. The Morgan fingerprint density at radius 1 is 1.23 bits per heavy atom. The zero-order valence-corrected chi connectivity index (χ0v) is 14.3. The molecule has 0 atom stereocenters. The van der Waals surface area contributed by atoms with Gasteiger partial charge in [-0.2, -0.15) is 5.26 Å². The molecule has 0 aliphatic heterocycles. The lowest BCUT2D eigenvalue weighted by atomic mass is 10.00. The third-order valence-corrected chi connectivity index (χ3v) is 4.23. The molecule has 0 bridgehead atoms. The van der Waals surface area contributed by atoms with E-state index in [0.717, 1.165) is 15.7 Å². The fraction of sp³-hybridized carbons (Fsp3) is 0.150. The summed E-state index contributed by atoms with van der Waals surface area (Å²) < 4.78 is 6.14. The normalized spacial score (nSPS) is 10.5. The molecule has 0 aliphatic rings. The quantitative estimate of drug-likeness (QED) is 0.731. The summed E-state index contributed by atoms with van der Waals surface area (Å²) in [6, 6.07) is 12.3. The lowest BCUT2D eigenvalue weighted by Crippen LogP contribution is -2.27. The summed E-state index contributed by atoms with van der Waals surface area (Å²) in [7, 11) is 0. The Kier molecular flexibility index (Phi) is 4.46. The first kappa shape index (κ1) is 17.2. The molecular formula is C20H16N2O4. The summed E-state index contributed by atoms with van der Waals surface area (Å²) in [5.74, 6) is -1.04. The number of carbonyl (C=O) groups is 1. The Hall–Kier alpha value is -3.59. The highest BCUT2D eigenvalue weighted by Crippen LogP contribution is 2.25. The highest BCUT2D eigenvalue weighted by atomic mass is 16.3. The first-order chi connectivity index (χ1) is 12.4. The Morgan fingerprint density at radius 3 is 2.50 bits per heavy atom. The molecule has 0 spiro atoms. The van der Waals surface area contributed by atoms with Crippen molar-refractivity contribution in [3.63, 3.8) is 0 Å². The van der Waals surface area contributed by atoms with E-state index in [1.807, 2.05) is 37.3 Å². The van der Waals surface area contributed by atoms with Crippen LogP contribution >= 0.6 is 0 Å². The lowest BCUT2D eigenvalue weighted by molar-refractivity contribution is 0.100. The number of aromatic hydroxyl groups is 1. The van der Waals surface area contributed by atoms with Crippen LogP contribution in [-0.2, 0) is 6.54 Å². The van der Waals surface area contributed by atoms with Gasteiger partial charge in [0.05, 0.1) is 18.4 Å². The maximum absolute atomic E-state index is 12.7. The highest BCUT2D eigenvalue weighted by molar-refractivity contribution is 6.09. The average molecular weight is 348 g/mol. The van der Waals surface area contributed by atoms with E-state index in [-0.39, 0.29) is 29.0 Å². The number of benzene rings is 1. The second-order valence-corrected chi connectivity index (χ2v) is 5.99. The van der Waals surface area contributed by atoms with Gasteiger partial charge in [0.25, 0.3) is 5.56 Å². The molecule has 0 unspecified atom stereocenters. The monoisotopic (exact) mass is 348 g/mol. The van der Waals surface area contributed by atoms with Crippen molar-refractivity contribution in [2.75, 3.05) is 0 Å². The van der Waals surface area contributed by atoms with Gasteiger partial charge in [-0.05, 0) is 37.1 Å². The fourth-order valence-corrected chi connectivity index (χ4v) is 2.78. The van der Waals surface area contributed by atoms with Crippen LogP contribution in [0.1, 0.15) is 38.4 Å². The molecule has 1 aromatic carbocycles. The largest absolute Gasteiger partial charge is 0.494 e. The molecule has 3 rings (SSSR count). The molecule has 0 aliphatic carbocycles. The zero-order valence-electron chi connectivity index (χ0n) is 14.3. The third-order valence-electron chi connectivity index (χ3n) is 4.23. The first-order valence-corrected chi connectivity index (χ1v) is 7.94. The third kappa shape index (κ3) is 2.91. The number of carbonyl (C=O) groups excluding carboxylic acids is 1. The Balaban J connectivity index is 2.20. The number of ketones is 1. The zero-order chi connectivity index (χ0) is 18.8. The minimum atomic E-state index is -0.640. The molecule has 3 aromatic rings. The van der Waals surface area contributed by atoms with Crippen LogP contribution in [-0.4, -0.2) is 15.5 Å². The molecule has 1 N–H and O–H groups in total. The number of furan rings is 1. The number of aryl methyl sites for hydroxylation is 1. The van der Waals surface area contributed by atoms with Crippen molar-refractivity contribution < 1.29 is 14.3 Å². The van der Waals surface area contributed by atoms with Crippen LogP contribution in [0.4, 0.5) is 0 Å². The number of hydrogen-bond donors (Lipinski definition) is 1. The number of hydrogen-bond acceptors (Lipinski definition) is 5. The van der Waals surface area contributed by atoms with Crippen LogP contribution < -0.4 is 5.56 Å². The molecule has 2 aromatic heterocycles. The molecule has 6 heteroatoms. The molecular weight excluding hydrogens is 332 g/mol. The van der Waals surface area contributed by atoms with Gasteiger partial charge in [-0.3, -0.25) is 14.2 Å². The summed E-state index contributed by atoms with van der Waals surface area (Å²) in [5, 5.41) is 20.0. The highest BCUT2D eigenvalue weighted by Gasteiger charge is 2.26. The van der Waals surface area contributed by atoms with Crippen molar-refractivity contribution in [2.24, 2.45) is 0 Å². The van der Waals surface area contributed by atoms with E-state index in [9.17, 15) is 20.0 Å². The number of rotatable bonds is 4. The van der Waals surface area contributed by atoms with Crippen molar-refractivity contribution in [1.82, 2.24) is 4.57 Å². The van der Waals surface area contributed by atoms with Crippen LogP contribution in [0.5, 0.6) is 5.88 Å². The topological polar surface area (TPSA) is 96.2 Å². The van der Waals surface area contributed by atoms with E-state index in [2.05, 4.69) is 0 Å². The van der Waals surface area contributed by atoms with Crippen LogP contribution in [0.3, 0.4) is 0 Å².